The molecule has 8 nitrogen and oxygen atoms in total. The standard InChI is InChI=1S/C32H53Cl3N8/c33-21-13-20-22(24(35)23(21)34)32-42-30-19-12-6-5-11-18(19)28(40-30)38-26-15-8-2-1-7-14(15)25(36-26)37-27-16-9-3-4-10-17(16)29(39-27)41-31(20)43-32/h14-32,36-43H,1-13H2. The smallest absolute Gasteiger partial charge is 0.0667 e. The van der Waals surface area contributed by atoms with Crippen molar-refractivity contribution < 1.29 is 0 Å². The molecule has 0 amide bonds. The van der Waals surface area contributed by atoms with E-state index < -0.39 is 0 Å². The van der Waals surface area contributed by atoms with Gasteiger partial charge in [-0.25, -0.2) is 0 Å². The van der Waals surface area contributed by atoms with Crippen LogP contribution in [0.25, 0.3) is 0 Å². The third-order valence-corrected chi connectivity index (χ3v) is 15.7. The van der Waals surface area contributed by atoms with E-state index in [-0.39, 0.29) is 46.7 Å². The molecule has 0 radical (unpaired) electrons. The van der Waals surface area contributed by atoms with Gasteiger partial charge in [0.25, 0.3) is 0 Å². The monoisotopic (exact) mass is 654 g/mol. The van der Waals surface area contributed by atoms with E-state index in [1.165, 1.54) is 77.0 Å². The van der Waals surface area contributed by atoms with E-state index in [0.29, 0.717) is 66.1 Å². The minimum Gasteiger partial charge on any atom is -0.286 e. The van der Waals surface area contributed by atoms with Crippen LogP contribution in [0.5, 0.6) is 0 Å². The summed E-state index contributed by atoms with van der Waals surface area (Å²) >= 11 is 21.0. The van der Waals surface area contributed by atoms with Gasteiger partial charge in [-0.15, -0.1) is 34.8 Å². The lowest BCUT2D eigenvalue weighted by atomic mass is 9.76. The van der Waals surface area contributed by atoms with Crippen molar-refractivity contribution >= 4 is 34.8 Å². The van der Waals surface area contributed by atoms with Gasteiger partial charge in [-0.2, -0.15) is 0 Å². The number of halogens is 3. The summed E-state index contributed by atoms with van der Waals surface area (Å²) in [6.45, 7) is 0. The topological polar surface area (TPSA) is 96.2 Å². The number of alkyl halides is 3. The molecule has 0 aromatic carbocycles. The second-order valence-corrected chi connectivity index (χ2v) is 17.4. The molecule has 43 heavy (non-hydrogen) atoms. The highest BCUT2D eigenvalue weighted by Crippen LogP contribution is 2.48. The van der Waals surface area contributed by atoms with Gasteiger partial charge >= 0.3 is 0 Å². The van der Waals surface area contributed by atoms with Crippen molar-refractivity contribution in [1.82, 2.24) is 42.5 Å². The Balaban J connectivity index is 1.07. The molecular formula is C32H53Cl3N8. The second kappa shape index (κ2) is 11.9. The highest BCUT2D eigenvalue weighted by molar-refractivity contribution is 6.35. The van der Waals surface area contributed by atoms with Crippen molar-refractivity contribution in [3.8, 4) is 0 Å². The number of rotatable bonds is 0. The molecule has 9 aliphatic rings. The molecule has 5 aliphatic heterocycles. The molecule has 9 fully saturated rings. The fourth-order valence-corrected chi connectivity index (χ4v) is 13.1. The third-order valence-electron chi connectivity index (χ3n) is 13.9. The van der Waals surface area contributed by atoms with Gasteiger partial charge < -0.3 is 0 Å². The summed E-state index contributed by atoms with van der Waals surface area (Å²) in [5, 5.41) is 32.7. The van der Waals surface area contributed by atoms with Crippen LogP contribution in [0.4, 0.5) is 0 Å². The van der Waals surface area contributed by atoms with Crippen molar-refractivity contribution in [3.63, 3.8) is 0 Å². The summed E-state index contributed by atoms with van der Waals surface area (Å²) < 4.78 is 0. The highest BCUT2D eigenvalue weighted by atomic mass is 35.5. The lowest BCUT2D eigenvalue weighted by molar-refractivity contribution is 0.169. The third kappa shape index (κ3) is 5.06. The van der Waals surface area contributed by atoms with E-state index in [0.717, 1.165) is 6.42 Å². The van der Waals surface area contributed by atoms with Gasteiger partial charge in [0.05, 0.1) is 65.5 Å². The van der Waals surface area contributed by atoms with Crippen LogP contribution in [0.15, 0.2) is 0 Å². The molecule has 4 aliphatic carbocycles. The maximum Gasteiger partial charge on any atom is 0.0667 e. The molecule has 5 heterocycles. The molecule has 11 heteroatoms. The minimum absolute atomic E-state index is 0.0938. The Labute approximate surface area is 272 Å². The van der Waals surface area contributed by atoms with Crippen LogP contribution in [0.3, 0.4) is 0 Å². The molecule has 4 saturated carbocycles. The SMILES string of the molecule is ClC1CC2C3NC4NC(NC5NC(NC6NC(NC(N3)C2C(Cl)C1Cl)C1CCCCC61)C1CCCCC51)C1CCCCC41. The molecule has 0 spiro atoms. The molecule has 19 atom stereocenters. The molecule has 19 unspecified atom stereocenters. The van der Waals surface area contributed by atoms with Gasteiger partial charge in [-0.05, 0) is 86.4 Å². The molecule has 0 aromatic heterocycles. The highest BCUT2D eigenvalue weighted by Gasteiger charge is 2.57. The zero-order valence-electron chi connectivity index (χ0n) is 25.3. The summed E-state index contributed by atoms with van der Waals surface area (Å²) in [6.07, 6.45) is 19.0. The van der Waals surface area contributed by atoms with Crippen LogP contribution in [0, 0.1) is 47.3 Å². The van der Waals surface area contributed by atoms with E-state index >= 15 is 0 Å². The summed E-state index contributed by atoms with van der Waals surface area (Å²) in [7, 11) is 0. The lowest BCUT2D eigenvalue weighted by Crippen LogP contribution is -2.62. The summed E-state index contributed by atoms with van der Waals surface area (Å²) in [5.74, 6) is 4.51. The Morgan fingerprint density at radius 2 is 0.605 bits per heavy atom. The molecule has 242 valence electrons. The number of nitrogens with one attached hydrogen (secondary N) is 8. The molecule has 8 N–H and O–H groups in total. The average molecular weight is 656 g/mol. The first-order valence-electron chi connectivity index (χ1n) is 18.0. The maximum atomic E-state index is 7.22. The van der Waals surface area contributed by atoms with Crippen molar-refractivity contribution in [2.24, 2.45) is 47.3 Å². The molecular weight excluding hydrogens is 603 g/mol. The average Bonchev–Trinajstić information content (AvgIpc) is 3.75. The van der Waals surface area contributed by atoms with Gasteiger partial charge in [0.15, 0.2) is 0 Å². The van der Waals surface area contributed by atoms with Gasteiger partial charge in [0, 0.05) is 5.92 Å². The Morgan fingerprint density at radius 1 is 0.326 bits per heavy atom. The van der Waals surface area contributed by atoms with E-state index in [2.05, 4.69) is 42.5 Å². The van der Waals surface area contributed by atoms with Crippen LogP contribution in [-0.2, 0) is 0 Å². The Morgan fingerprint density at radius 3 is 0.930 bits per heavy atom. The molecule has 0 aromatic rings. The lowest BCUT2D eigenvalue weighted by Gasteiger charge is -2.41. The van der Waals surface area contributed by atoms with Gasteiger partial charge in [0.2, 0.25) is 0 Å². The van der Waals surface area contributed by atoms with Crippen LogP contribution in [0.2, 0.25) is 0 Å². The van der Waals surface area contributed by atoms with Crippen molar-refractivity contribution in [2.45, 2.75) is 149 Å². The molecule has 5 saturated heterocycles. The fraction of sp³-hybridized carbons (Fsp3) is 1.00. The normalized spacial score (nSPS) is 59.7. The van der Waals surface area contributed by atoms with E-state index in [4.69, 9.17) is 34.8 Å². The van der Waals surface area contributed by atoms with Gasteiger partial charge in [-0.3, -0.25) is 42.5 Å². The van der Waals surface area contributed by atoms with Crippen molar-refractivity contribution in [2.75, 3.05) is 0 Å². The number of hydrogen-bond acceptors (Lipinski definition) is 8. The van der Waals surface area contributed by atoms with Crippen molar-refractivity contribution in [3.05, 3.63) is 0 Å². The van der Waals surface area contributed by atoms with E-state index in [9.17, 15) is 0 Å². The Bertz CT molecular complexity index is 1030. The largest absolute Gasteiger partial charge is 0.286 e. The van der Waals surface area contributed by atoms with Crippen LogP contribution >= 0.6 is 34.8 Å². The van der Waals surface area contributed by atoms with E-state index in [1.807, 2.05) is 0 Å². The van der Waals surface area contributed by atoms with E-state index in [1.54, 1.807) is 0 Å². The second-order valence-electron chi connectivity index (χ2n) is 15.9. The minimum atomic E-state index is -0.220. The summed E-state index contributed by atoms with van der Waals surface area (Å²) in [6, 6.07) is 0. The Hall–Kier alpha value is 0.550. The summed E-state index contributed by atoms with van der Waals surface area (Å²) in [4.78, 5) is 0. The van der Waals surface area contributed by atoms with Crippen LogP contribution in [0.1, 0.15) is 83.5 Å². The van der Waals surface area contributed by atoms with Crippen molar-refractivity contribution in [1.29, 1.82) is 0 Å². The van der Waals surface area contributed by atoms with Crippen LogP contribution in [-0.4, -0.2) is 65.5 Å². The zero-order chi connectivity index (χ0) is 28.8. The van der Waals surface area contributed by atoms with Crippen LogP contribution < -0.4 is 42.5 Å². The zero-order valence-corrected chi connectivity index (χ0v) is 27.6. The Kier molecular flexibility index (Phi) is 8.22. The predicted octanol–water partition coefficient (Wildman–Crippen LogP) is 3.26. The predicted molar refractivity (Wildman–Crippen MR) is 172 cm³/mol. The first-order chi connectivity index (χ1) is 21.0. The molecule has 8 bridgehead atoms. The quantitative estimate of drug-likeness (QED) is 0.189. The maximum absolute atomic E-state index is 7.22. The first kappa shape index (κ1) is 29.7. The number of hydrogen-bond donors (Lipinski definition) is 8. The fourth-order valence-electron chi connectivity index (χ4n) is 11.9. The summed E-state index contributed by atoms with van der Waals surface area (Å²) in [5.41, 5.74) is 0. The number of fused-ring (bicyclic) bond motifs is 20. The van der Waals surface area contributed by atoms with Gasteiger partial charge in [-0.1, -0.05) is 38.5 Å². The molecule has 9 rings (SSSR count). The first-order valence-corrected chi connectivity index (χ1v) is 19.3. The van der Waals surface area contributed by atoms with Gasteiger partial charge in [0.1, 0.15) is 0 Å².